The van der Waals surface area contributed by atoms with Gasteiger partial charge in [0.25, 0.3) is 0 Å². The fourth-order valence-corrected chi connectivity index (χ4v) is 4.26. The highest BCUT2D eigenvalue weighted by atomic mass is 35.5. The van der Waals surface area contributed by atoms with Gasteiger partial charge in [0.2, 0.25) is 17.6 Å². The molecule has 1 aliphatic rings. The van der Waals surface area contributed by atoms with Gasteiger partial charge < -0.3 is 19.7 Å². The Kier molecular flexibility index (Phi) is 6.38. The zero-order valence-corrected chi connectivity index (χ0v) is 18.3. The third kappa shape index (κ3) is 4.77. The third-order valence-corrected chi connectivity index (χ3v) is 5.69. The van der Waals surface area contributed by atoms with E-state index < -0.39 is 42.1 Å². The van der Waals surface area contributed by atoms with Crippen LogP contribution in [0.3, 0.4) is 0 Å². The number of nitrogens with one attached hydrogen (secondary N) is 1. The van der Waals surface area contributed by atoms with Gasteiger partial charge in [-0.3, -0.25) is 0 Å². The van der Waals surface area contributed by atoms with Gasteiger partial charge in [0.15, 0.2) is 0 Å². The Labute approximate surface area is 193 Å². The number of alkyl halides is 6. The number of anilines is 1. The van der Waals surface area contributed by atoms with Gasteiger partial charge in [-0.05, 0) is 30.2 Å². The molecule has 0 unspecified atom stereocenters. The molecule has 0 saturated carbocycles. The van der Waals surface area contributed by atoms with E-state index in [0.717, 1.165) is 10.9 Å². The lowest BCUT2D eigenvalue weighted by atomic mass is 9.94. The number of aliphatic hydroxyl groups excluding tert-OH is 1. The van der Waals surface area contributed by atoms with Crippen LogP contribution in [0.5, 0.6) is 0 Å². The molecule has 0 saturated heterocycles. The molecule has 0 bridgehead atoms. The van der Waals surface area contributed by atoms with E-state index in [2.05, 4.69) is 19.9 Å². The Morgan fingerprint density at radius 1 is 1.15 bits per heavy atom. The Morgan fingerprint density at radius 2 is 1.79 bits per heavy atom. The van der Waals surface area contributed by atoms with Gasteiger partial charge in [0, 0.05) is 41.7 Å². The third-order valence-electron chi connectivity index (χ3n) is 5.46. The van der Waals surface area contributed by atoms with Gasteiger partial charge in [-0.25, -0.2) is 4.98 Å². The Morgan fingerprint density at radius 3 is 2.38 bits per heavy atom. The largest absolute Gasteiger partial charge is 0.451 e. The summed E-state index contributed by atoms with van der Waals surface area (Å²) in [4.78, 5) is 13.6. The SMILES string of the molecule is COC[C@@H](O)C[C@@H]1c2[nH]c3ccc(Cl)cc3c2CCN1c1nc(C(F)(F)F)nc(C(F)(F)F)n1. The van der Waals surface area contributed by atoms with E-state index in [9.17, 15) is 31.4 Å². The number of H-pyrrole nitrogens is 1. The van der Waals surface area contributed by atoms with Crippen LogP contribution in [0.15, 0.2) is 18.2 Å². The number of methoxy groups -OCH3 is 1. The molecule has 0 radical (unpaired) electrons. The maximum atomic E-state index is 13.3. The van der Waals surface area contributed by atoms with Crippen molar-refractivity contribution in [3.8, 4) is 0 Å². The van der Waals surface area contributed by atoms with Crippen molar-refractivity contribution in [3.05, 3.63) is 46.1 Å². The summed E-state index contributed by atoms with van der Waals surface area (Å²) in [5.74, 6) is -4.68. The van der Waals surface area contributed by atoms with E-state index in [1.807, 2.05) is 0 Å². The molecule has 2 N–H and O–H groups in total. The first-order chi connectivity index (χ1) is 15.9. The Balaban J connectivity index is 1.86. The summed E-state index contributed by atoms with van der Waals surface area (Å²) in [5, 5.41) is 11.6. The van der Waals surface area contributed by atoms with Gasteiger partial charge in [0.05, 0.1) is 18.8 Å². The maximum Gasteiger partial charge on any atom is 0.451 e. The number of nitrogens with zero attached hydrogens (tertiary/aromatic N) is 4. The van der Waals surface area contributed by atoms with E-state index in [0.29, 0.717) is 16.2 Å². The number of aliphatic hydroxyl groups is 1. The van der Waals surface area contributed by atoms with E-state index >= 15 is 0 Å². The van der Waals surface area contributed by atoms with Crippen molar-refractivity contribution >= 4 is 28.5 Å². The predicted octanol–water partition coefficient (Wildman–Crippen LogP) is 4.55. The molecule has 0 spiro atoms. The average Bonchev–Trinajstić information content (AvgIpc) is 3.11. The van der Waals surface area contributed by atoms with Crippen molar-refractivity contribution in [2.75, 3.05) is 25.2 Å². The standard InChI is InChI=1S/C20H18ClF6N5O2/c1-34-8-10(33)7-14-15-11(12-6-9(21)2-3-13(12)28-15)4-5-32(14)18-30-16(19(22,23)24)29-17(31-18)20(25,26)27/h2-3,6,10,14,28,33H,4-5,7-8H2,1H3/t10-,14+/m0/s1. The Hall–Kier alpha value is -2.64. The number of halogens is 7. The maximum absolute atomic E-state index is 13.3. The van der Waals surface area contributed by atoms with Crippen molar-refractivity contribution in [2.24, 2.45) is 0 Å². The monoisotopic (exact) mass is 509 g/mol. The highest BCUT2D eigenvalue weighted by Crippen LogP contribution is 2.40. The molecule has 34 heavy (non-hydrogen) atoms. The van der Waals surface area contributed by atoms with Gasteiger partial charge >= 0.3 is 12.4 Å². The number of aromatic nitrogens is 4. The van der Waals surface area contributed by atoms with Crippen LogP contribution in [0.2, 0.25) is 5.02 Å². The molecule has 2 atom stereocenters. The smallest absolute Gasteiger partial charge is 0.391 e. The molecule has 0 aliphatic carbocycles. The molecule has 1 aliphatic heterocycles. The number of fused-ring (bicyclic) bond motifs is 3. The zero-order chi connectivity index (χ0) is 24.8. The van der Waals surface area contributed by atoms with Crippen molar-refractivity contribution in [2.45, 2.75) is 37.3 Å². The van der Waals surface area contributed by atoms with E-state index in [1.165, 1.54) is 12.0 Å². The second kappa shape index (κ2) is 8.86. The molecule has 2 aromatic heterocycles. The van der Waals surface area contributed by atoms with Crippen LogP contribution in [0, 0.1) is 0 Å². The molecule has 3 aromatic rings. The number of rotatable bonds is 5. The first-order valence-electron chi connectivity index (χ1n) is 10.0. The second-order valence-electron chi connectivity index (χ2n) is 7.79. The van der Waals surface area contributed by atoms with Crippen LogP contribution in [0.25, 0.3) is 10.9 Å². The summed E-state index contributed by atoms with van der Waals surface area (Å²) in [6.45, 7) is -0.0972. The number of ether oxygens (including phenoxy) is 1. The van der Waals surface area contributed by atoms with Gasteiger partial charge in [-0.15, -0.1) is 0 Å². The number of benzene rings is 1. The van der Waals surface area contributed by atoms with E-state index in [4.69, 9.17) is 16.3 Å². The molecule has 184 valence electrons. The van der Waals surface area contributed by atoms with Crippen LogP contribution >= 0.6 is 11.6 Å². The summed E-state index contributed by atoms with van der Waals surface area (Å²) in [6.07, 6.45) is -11.3. The van der Waals surface area contributed by atoms with Gasteiger partial charge in [-0.1, -0.05) is 11.6 Å². The minimum Gasteiger partial charge on any atom is -0.391 e. The van der Waals surface area contributed by atoms with Crippen LogP contribution in [-0.2, 0) is 23.5 Å². The highest BCUT2D eigenvalue weighted by Gasteiger charge is 2.43. The molecule has 1 aromatic carbocycles. The summed E-state index contributed by atoms with van der Waals surface area (Å²) in [5.41, 5.74) is 2.00. The molecular weight excluding hydrogens is 492 g/mol. The van der Waals surface area contributed by atoms with Gasteiger partial charge in [0.1, 0.15) is 0 Å². The first-order valence-corrected chi connectivity index (χ1v) is 10.4. The normalized spacial score (nSPS) is 17.8. The summed E-state index contributed by atoms with van der Waals surface area (Å²) in [6, 6.07) is 4.21. The fourth-order valence-electron chi connectivity index (χ4n) is 4.09. The summed E-state index contributed by atoms with van der Waals surface area (Å²) < 4.78 is 84.8. The van der Waals surface area contributed by atoms with Crippen molar-refractivity contribution in [1.82, 2.24) is 19.9 Å². The van der Waals surface area contributed by atoms with Gasteiger partial charge in [-0.2, -0.15) is 36.3 Å². The highest BCUT2D eigenvalue weighted by molar-refractivity contribution is 6.31. The average molecular weight is 510 g/mol. The molecule has 4 rings (SSSR count). The second-order valence-corrected chi connectivity index (χ2v) is 8.23. The fraction of sp³-hybridized carbons (Fsp3) is 0.450. The molecule has 3 heterocycles. The van der Waals surface area contributed by atoms with Crippen molar-refractivity contribution in [3.63, 3.8) is 0 Å². The molecule has 14 heteroatoms. The van der Waals surface area contributed by atoms with Crippen LogP contribution < -0.4 is 4.90 Å². The summed E-state index contributed by atoms with van der Waals surface area (Å²) in [7, 11) is 1.36. The van der Waals surface area contributed by atoms with Crippen molar-refractivity contribution < 1.29 is 36.2 Å². The number of hydrogen-bond acceptors (Lipinski definition) is 6. The Bertz CT molecular complexity index is 1170. The molecule has 0 amide bonds. The van der Waals surface area contributed by atoms with Crippen LogP contribution in [0.1, 0.15) is 35.4 Å². The first kappa shape index (κ1) is 24.5. The molecular formula is C20H18ClF6N5O2. The summed E-state index contributed by atoms with van der Waals surface area (Å²) >= 11 is 6.10. The minimum absolute atomic E-state index is 0.00452. The lowest BCUT2D eigenvalue weighted by Gasteiger charge is -2.37. The molecule has 7 nitrogen and oxygen atoms in total. The van der Waals surface area contributed by atoms with Crippen LogP contribution in [-0.4, -0.2) is 51.4 Å². The lowest BCUT2D eigenvalue weighted by molar-refractivity contribution is -0.155. The van der Waals surface area contributed by atoms with Crippen LogP contribution in [0.4, 0.5) is 32.3 Å². The van der Waals surface area contributed by atoms with E-state index in [1.54, 1.807) is 18.2 Å². The quantitative estimate of drug-likeness (QED) is 0.491. The van der Waals surface area contributed by atoms with Crippen molar-refractivity contribution in [1.29, 1.82) is 0 Å². The number of hydrogen-bond donors (Lipinski definition) is 2. The zero-order valence-electron chi connectivity index (χ0n) is 17.5. The predicted molar refractivity (Wildman–Crippen MR) is 109 cm³/mol. The number of aromatic amines is 1. The van der Waals surface area contributed by atoms with E-state index in [-0.39, 0.29) is 26.0 Å². The lowest BCUT2D eigenvalue weighted by Crippen LogP contribution is -2.40. The minimum atomic E-state index is -5.22. The molecule has 0 fully saturated rings. The topological polar surface area (TPSA) is 87.2 Å².